The molecular weight excluding hydrogens is 280 g/mol. The van der Waals surface area contributed by atoms with Gasteiger partial charge < -0.3 is 10.6 Å². The van der Waals surface area contributed by atoms with E-state index in [0.717, 1.165) is 12.2 Å². The fourth-order valence-corrected chi connectivity index (χ4v) is 3.24. The Kier molecular flexibility index (Phi) is 5.53. The number of anilines is 1. The first-order valence-corrected chi connectivity index (χ1v) is 8.07. The van der Waals surface area contributed by atoms with E-state index in [9.17, 15) is 4.79 Å². The van der Waals surface area contributed by atoms with Crippen LogP contribution in [0.4, 0.5) is 5.69 Å². The number of benzene rings is 1. The summed E-state index contributed by atoms with van der Waals surface area (Å²) in [5.41, 5.74) is 2.05. The number of nitrogens with one attached hydrogen (secondary N) is 2. The van der Waals surface area contributed by atoms with E-state index in [1.807, 2.05) is 24.3 Å². The molecule has 0 fully saturated rings. The summed E-state index contributed by atoms with van der Waals surface area (Å²) in [5.74, 6) is 0.501. The van der Waals surface area contributed by atoms with Crippen molar-refractivity contribution >= 4 is 22.9 Å². The summed E-state index contributed by atoms with van der Waals surface area (Å²) in [4.78, 5) is 12.4. The molecule has 1 aromatic heterocycles. The fraction of sp³-hybridized carbons (Fsp3) is 0.353. The molecular formula is C17H22N2OS. The minimum Gasteiger partial charge on any atom is -0.326 e. The number of hydrogen-bond acceptors (Lipinski definition) is 3. The Labute approximate surface area is 130 Å². The summed E-state index contributed by atoms with van der Waals surface area (Å²) in [5, 5.41) is 8.52. The Morgan fingerprint density at radius 1 is 1.19 bits per heavy atom. The fourth-order valence-electron chi connectivity index (χ4n) is 2.27. The van der Waals surface area contributed by atoms with Crippen molar-refractivity contribution in [2.24, 2.45) is 5.92 Å². The van der Waals surface area contributed by atoms with Crippen LogP contribution in [0.1, 0.15) is 37.3 Å². The van der Waals surface area contributed by atoms with Crippen LogP contribution in [0.2, 0.25) is 0 Å². The summed E-state index contributed by atoms with van der Waals surface area (Å²) in [6, 6.07) is 12.6. The molecule has 21 heavy (non-hydrogen) atoms. The average molecular weight is 302 g/mol. The van der Waals surface area contributed by atoms with E-state index < -0.39 is 0 Å². The second kappa shape index (κ2) is 7.38. The predicted molar refractivity (Wildman–Crippen MR) is 89.5 cm³/mol. The minimum atomic E-state index is -0.0431. The van der Waals surface area contributed by atoms with Crippen molar-refractivity contribution < 1.29 is 4.79 Å². The normalized spacial score (nSPS) is 12.4. The van der Waals surface area contributed by atoms with Crippen molar-refractivity contribution in [1.82, 2.24) is 5.32 Å². The van der Waals surface area contributed by atoms with Gasteiger partial charge in [0.15, 0.2) is 0 Å². The number of thiophene rings is 1. The molecule has 0 radical (unpaired) electrons. The molecule has 0 saturated heterocycles. The third-order valence-corrected chi connectivity index (χ3v) is 4.27. The average Bonchev–Trinajstić information content (AvgIpc) is 2.94. The van der Waals surface area contributed by atoms with Crippen LogP contribution < -0.4 is 10.6 Å². The molecule has 0 bridgehead atoms. The Balaban J connectivity index is 1.96. The maximum absolute atomic E-state index is 11.0. The van der Waals surface area contributed by atoms with Gasteiger partial charge in [-0.1, -0.05) is 32.0 Å². The molecule has 1 amide bonds. The molecule has 0 aliphatic carbocycles. The molecule has 1 heterocycles. The summed E-state index contributed by atoms with van der Waals surface area (Å²) in [7, 11) is 0. The van der Waals surface area contributed by atoms with Gasteiger partial charge in [-0.3, -0.25) is 4.79 Å². The lowest BCUT2D eigenvalue weighted by atomic mass is 10.0. The molecule has 0 spiro atoms. The van der Waals surface area contributed by atoms with Gasteiger partial charge in [-0.05, 0) is 35.1 Å². The molecule has 4 heteroatoms. The van der Waals surface area contributed by atoms with E-state index in [1.54, 1.807) is 11.3 Å². The summed E-state index contributed by atoms with van der Waals surface area (Å²) >= 11 is 1.79. The van der Waals surface area contributed by atoms with E-state index in [4.69, 9.17) is 0 Å². The monoisotopic (exact) mass is 302 g/mol. The second-order valence-electron chi connectivity index (χ2n) is 5.50. The summed E-state index contributed by atoms with van der Waals surface area (Å²) in [6.45, 7) is 6.80. The quantitative estimate of drug-likeness (QED) is 0.840. The molecule has 2 N–H and O–H groups in total. The molecule has 3 nitrogen and oxygen atoms in total. The number of rotatable bonds is 6. The molecule has 0 unspecified atom stereocenters. The van der Waals surface area contributed by atoms with Gasteiger partial charge in [0.25, 0.3) is 0 Å². The van der Waals surface area contributed by atoms with Gasteiger partial charge in [0, 0.05) is 30.1 Å². The van der Waals surface area contributed by atoms with Gasteiger partial charge in [0.1, 0.15) is 0 Å². The molecule has 2 aromatic rings. The van der Waals surface area contributed by atoms with Gasteiger partial charge in [0.05, 0.1) is 0 Å². The second-order valence-corrected chi connectivity index (χ2v) is 6.48. The van der Waals surface area contributed by atoms with Crippen molar-refractivity contribution in [2.75, 3.05) is 5.32 Å². The van der Waals surface area contributed by atoms with E-state index in [1.165, 1.54) is 17.4 Å². The first kappa shape index (κ1) is 15.7. The summed E-state index contributed by atoms with van der Waals surface area (Å²) < 4.78 is 0. The van der Waals surface area contributed by atoms with Crippen LogP contribution in [0, 0.1) is 5.92 Å². The number of carbonyl (C=O) groups excluding carboxylic acids is 1. The Bertz CT molecular complexity index is 561. The van der Waals surface area contributed by atoms with E-state index in [0.29, 0.717) is 12.0 Å². The van der Waals surface area contributed by atoms with Crippen LogP contribution in [-0.4, -0.2) is 5.91 Å². The summed E-state index contributed by atoms with van der Waals surface area (Å²) in [6.07, 6.45) is 0. The highest BCUT2D eigenvalue weighted by atomic mass is 32.1. The molecule has 112 valence electrons. The van der Waals surface area contributed by atoms with Crippen molar-refractivity contribution in [1.29, 1.82) is 0 Å². The first-order chi connectivity index (χ1) is 10.1. The third kappa shape index (κ3) is 4.69. The lowest BCUT2D eigenvalue weighted by Crippen LogP contribution is -2.24. The van der Waals surface area contributed by atoms with Gasteiger partial charge >= 0.3 is 0 Å². The predicted octanol–water partition coefficient (Wildman–Crippen LogP) is 4.19. The zero-order valence-electron chi connectivity index (χ0n) is 12.7. The van der Waals surface area contributed by atoms with Crippen LogP contribution >= 0.6 is 11.3 Å². The minimum absolute atomic E-state index is 0.0431. The topological polar surface area (TPSA) is 41.1 Å². The van der Waals surface area contributed by atoms with Crippen molar-refractivity contribution in [2.45, 2.75) is 33.4 Å². The SMILES string of the molecule is CC(=O)Nc1ccc(CN[C@@H](c2cccs2)C(C)C)cc1. The van der Waals surface area contributed by atoms with E-state index in [-0.39, 0.29) is 5.91 Å². The van der Waals surface area contributed by atoms with Crippen LogP contribution in [0.15, 0.2) is 41.8 Å². The van der Waals surface area contributed by atoms with Crippen LogP contribution in [-0.2, 0) is 11.3 Å². The zero-order valence-corrected chi connectivity index (χ0v) is 13.5. The van der Waals surface area contributed by atoms with Gasteiger partial charge in [0.2, 0.25) is 5.91 Å². The van der Waals surface area contributed by atoms with Crippen LogP contribution in [0.25, 0.3) is 0 Å². The number of hydrogen-bond donors (Lipinski definition) is 2. The zero-order chi connectivity index (χ0) is 15.2. The highest BCUT2D eigenvalue weighted by Crippen LogP contribution is 2.26. The highest BCUT2D eigenvalue weighted by molar-refractivity contribution is 7.10. The standard InChI is InChI=1S/C17H22N2OS/c1-12(2)17(16-5-4-10-21-16)18-11-14-6-8-15(9-7-14)19-13(3)20/h4-10,12,17-18H,11H2,1-3H3,(H,19,20)/t17-/m1/s1. The van der Waals surface area contributed by atoms with Crippen LogP contribution in [0.3, 0.4) is 0 Å². The van der Waals surface area contributed by atoms with Gasteiger partial charge in [-0.2, -0.15) is 0 Å². The third-order valence-electron chi connectivity index (χ3n) is 3.32. The molecule has 2 rings (SSSR count). The Morgan fingerprint density at radius 3 is 2.43 bits per heavy atom. The lowest BCUT2D eigenvalue weighted by molar-refractivity contribution is -0.114. The van der Waals surface area contributed by atoms with Crippen molar-refractivity contribution in [3.8, 4) is 0 Å². The largest absolute Gasteiger partial charge is 0.326 e. The van der Waals surface area contributed by atoms with E-state index >= 15 is 0 Å². The Morgan fingerprint density at radius 2 is 1.90 bits per heavy atom. The molecule has 0 aliphatic heterocycles. The highest BCUT2D eigenvalue weighted by Gasteiger charge is 2.15. The maximum atomic E-state index is 11.0. The Hall–Kier alpha value is -1.65. The first-order valence-electron chi connectivity index (χ1n) is 7.19. The lowest BCUT2D eigenvalue weighted by Gasteiger charge is -2.21. The molecule has 1 aromatic carbocycles. The van der Waals surface area contributed by atoms with Gasteiger partial charge in [-0.25, -0.2) is 0 Å². The molecule has 0 aliphatic rings. The van der Waals surface area contributed by atoms with Crippen molar-refractivity contribution in [3.05, 3.63) is 52.2 Å². The maximum Gasteiger partial charge on any atom is 0.221 e. The van der Waals surface area contributed by atoms with Crippen molar-refractivity contribution in [3.63, 3.8) is 0 Å². The molecule has 0 saturated carbocycles. The smallest absolute Gasteiger partial charge is 0.221 e. The number of carbonyl (C=O) groups is 1. The van der Waals surface area contributed by atoms with E-state index in [2.05, 4.69) is 42.0 Å². The number of amides is 1. The molecule has 1 atom stereocenters. The van der Waals surface area contributed by atoms with Gasteiger partial charge in [-0.15, -0.1) is 11.3 Å². The van der Waals surface area contributed by atoms with Crippen LogP contribution in [0.5, 0.6) is 0 Å².